The summed E-state index contributed by atoms with van der Waals surface area (Å²) in [5, 5.41) is 21.2. The van der Waals surface area contributed by atoms with E-state index >= 15 is 0 Å². The van der Waals surface area contributed by atoms with Crippen molar-refractivity contribution < 1.29 is 24.2 Å². The number of carboxylic acid groups (broad SMARTS) is 1. The molecule has 2 aromatic carbocycles. The van der Waals surface area contributed by atoms with Crippen LogP contribution in [-0.4, -0.2) is 22.1 Å². The molecule has 0 aliphatic heterocycles. The number of nitrogens with one attached hydrogen (secondary N) is 1. The average Bonchev–Trinajstić information content (AvgIpc) is 3.11. The monoisotopic (exact) mass is 337 g/mol. The Hall–Kier alpha value is -3.54. The minimum Gasteiger partial charge on any atom is -0.507 e. The Bertz CT molecular complexity index is 944. The SMILES string of the molecule is Cc1ccc(C(=O)Nc2ccc(O)c(C(=O)O)c2)cc1-c1ccco1. The van der Waals surface area contributed by atoms with Crippen LogP contribution in [0.15, 0.2) is 59.2 Å². The molecule has 0 aliphatic rings. The first-order valence-corrected chi connectivity index (χ1v) is 7.48. The van der Waals surface area contributed by atoms with E-state index in [0.29, 0.717) is 11.3 Å². The van der Waals surface area contributed by atoms with Gasteiger partial charge in [-0.05, 0) is 55.0 Å². The van der Waals surface area contributed by atoms with Gasteiger partial charge in [0.25, 0.3) is 5.91 Å². The van der Waals surface area contributed by atoms with E-state index in [-0.39, 0.29) is 17.0 Å². The van der Waals surface area contributed by atoms with Gasteiger partial charge in [-0.1, -0.05) is 6.07 Å². The highest BCUT2D eigenvalue weighted by molar-refractivity contribution is 6.05. The highest BCUT2D eigenvalue weighted by Gasteiger charge is 2.14. The summed E-state index contributed by atoms with van der Waals surface area (Å²) in [4.78, 5) is 23.5. The molecule has 6 heteroatoms. The van der Waals surface area contributed by atoms with Crippen LogP contribution in [0.3, 0.4) is 0 Å². The van der Waals surface area contributed by atoms with Crippen LogP contribution >= 0.6 is 0 Å². The number of anilines is 1. The maximum atomic E-state index is 12.5. The number of aryl methyl sites for hydroxylation is 1. The summed E-state index contributed by atoms with van der Waals surface area (Å²) in [6.07, 6.45) is 1.56. The van der Waals surface area contributed by atoms with Gasteiger partial charge in [-0.3, -0.25) is 4.79 Å². The molecule has 0 saturated carbocycles. The fraction of sp³-hybridized carbons (Fsp3) is 0.0526. The summed E-state index contributed by atoms with van der Waals surface area (Å²) < 4.78 is 5.38. The van der Waals surface area contributed by atoms with Crippen LogP contribution in [0.4, 0.5) is 5.69 Å². The Morgan fingerprint density at radius 1 is 1.08 bits per heavy atom. The molecule has 126 valence electrons. The van der Waals surface area contributed by atoms with Gasteiger partial charge in [-0.2, -0.15) is 0 Å². The van der Waals surface area contributed by atoms with Crippen LogP contribution in [-0.2, 0) is 0 Å². The van der Waals surface area contributed by atoms with Crippen LogP contribution in [0.5, 0.6) is 5.75 Å². The molecule has 3 N–H and O–H groups in total. The molecule has 1 heterocycles. The van der Waals surface area contributed by atoms with E-state index in [4.69, 9.17) is 9.52 Å². The third-order valence-electron chi connectivity index (χ3n) is 3.77. The van der Waals surface area contributed by atoms with E-state index in [1.807, 2.05) is 19.1 Å². The van der Waals surface area contributed by atoms with E-state index < -0.39 is 11.9 Å². The lowest BCUT2D eigenvalue weighted by atomic mass is 10.0. The van der Waals surface area contributed by atoms with Crippen molar-refractivity contribution in [1.29, 1.82) is 0 Å². The average molecular weight is 337 g/mol. The maximum Gasteiger partial charge on any atom is 0.339 e. The number of amides is 1. The van der Waals surface area contributed by atoms with Crippen LogP contribution in [0, 0.1) is 6.92 Å². The fourth-order valence-electron chi connectivity index (χ4n) is 2.45. The van der Waals surface area contributed by atoms with Gasteiger partial charge in [0.1, 0.15) is 17.1 Å². The van der Waals surface area contributed by atoms with Crippen molar-refractivity contribution in [2.75, 3.05) is 5.32 Å². The number of carbonyl (C=O) groups excluding carboxylic acids is 1. The number of phenols is 1. The molecule has 0 fully saturated rings. The van der Waals surface area contributed by atoms with Crippen LogP contribution < -0.4 is 5.32 Å². The summed E-state index contributed by atoms with van der Waals surface area (Å²) in [6, 6.07) is 12.6. The highest BCUT2D eigenvalue weighted by atomic mass is 16.4. The van der Waals surface area contributed by atoms with E-state index in [1.54, 1.807) is 24.5 Å². The molecular formula is C19H15NO5. The van der Waals surface area contributed by atoms with Gasteiger partial charge in [-0.15, -0.1) is 0 Å². The Morgan fingerprint density at radius 2 is 1.88 bits per heavy atom. The van der Waals surface area contributed by atoms with E-state index in [0.717, 1.165) is 11.1 Å². The van der Waals surface area contributed by atoms with Crippen LogP contribution in [0.25, 0.3) is 11.3 Å². The molecule has 3 aromatic rings. The van der Waals surface area contributed by atoms with Crippen molar-refractivity contribution in [3.8, 4) is 17.1 Å². The van der Waals surface area contributed by atoms with E-state index in [9.17, 15) is 14.7 Å². The Labute approximate surface area is 143 Å². The first kappa shape index (κ1) is 16.3. The molecule has 1 amide bonds. The topological polar surface area (TPSA) is 99.8 Å². The minimum absolute atomic E-state index is 0.278. The van der Waals surface area contributed by atoms with Crippen molar-refractivity contribution in [1.82, 2.24) is 0 Å². The summed E-state index contributed by atoms with van der Waals surface area (Å²) in [5.41, 5.74) is 2.17. The number of carboxylic acids is 1. The molecule has 0 unspecified atom stereocenters. The molecule has 0 aliphatic carbocycles. The predicted molar refractivity (Wildman–Crippen MR) is 91.9 cm³/mol. The van der Waals surface area contributed by atoms with Gasteiger partial charge in [0, 0.05) is 16.8 Å². The number of furan rings is 1. The van der Waals surface area contributed by atoms with Crippen molar-refractivity contribution in [2.45, 2.75) is 6.92 Å². The zero-order valence-corrected chi connectivity index (χ0v) is 13.3. The minimum atomic E-state index is -1.27. The van der Waals surface area contributed by atoms with Crippen molar-refractivity contribution in [3.05, 3.63) is 71.5 Å². The number of rotatable bonds is 4. The number of carbonyl (C=O) groups is 2. The van der Waals surface area contributed by atoms with E-state index in [2.05, 4.69) is 5.32 Å². The summed E-state index contributed by atoms with van der Waals surface area (Å²) in [6.45, 7) is 1.92. The standard InChI is InChI=1S/C19H15NO5/c1-11-4-5-12(9-14(11)17-3-2-8-25-17)18(22)20-13-6-7-16(21)15(10-13)19(23)24/h2-10,21H,1H3,(H,20,22)(H,23,24). The van der Waals surface area contributed by atoms with Gasteiger partial charge in [-0.25, -0.2) is 4.79 Å². The number of aromatic hydroxyl groups is 1. The van der Waals surface area contributed by atoms with Crippen molar-refractivity contribution >= 4 is 17.6 Å². The molecule has 1 aromatic heterocycles. The summed E-state index contributed by atoms with van der Waals surface area (Å²) in [5.74, 6) is -1.37. The van der Waals surface area contributed by atoms with Crippen molar-refractivity contribution in [3.63, 3.8) is 0 Å². The highest BCUT2D eigenvalue weighted by Crippen LogP contribution is 2.26. The van der Waals surface area contributed by atoms with Gasteiger partial charge in [0.2, 0.25) is 0 Å². The van der Waals surface area contributed by atoms with Gasteiger partial charge < -0.3 is 19.9 Å². The Kier molecular flexibility index (Phi) is 4.26. The first-order valence-electron chi connectivity index (χ1n) is 7.48. The van der Waals surface area contributed by atoms with Gasteiger partial charge in [0.15, 0.2) is 0 Å². The molecule has 0 spiro atoms. The number of hydrogen-bond donors (Lipinski definition) is 3. The van der Waals surface area contributed by atoms with E-state index in [1.165, 1.54) is 18.2 Å². The smallest absolute Gasteiger partial charge is 0.339 e. The first-order chi connectivity index (χ1) is 12.0. The second-order valence-corrected chi connectivity index (χ2v) is 5.50. The third kappa shape index (κ3) is 3.37. The lowest BCUT2D eigenvalue weighted by Gasteiger charge is -2.09. The molecule has 0 radical (unpaired) electrons. The largest absolute Gasteiger partial charge is 0.507 e. The van der Waals surface area contributed by atoms with Gasteiger partial charge >= 0.3 is 5.97 Å². The zero-order chi connectivity index (χ0) is 18.0. The van der Waals surface area contributed by atoms with Crippen LogP contribution in [0.1, 0.15) is 26.3 Å². The zero-order valence-electron chi connectivity index (χ0n) is 13.3. The Balaban J connectivity index is 1.88. The van der Waals surface area contributed by atoms with Gasteiger partial charge in [0.05, 0.1) is 6.26 Å². The molecule has 3 rings (SSSR count). The molecule has 6 nitrogen and oxygen atoms in total. The molecule has 0 saturated heterocycles. The Morgan fingerprint density at radius 3 is 2.56 bits per heavy atom. The second-order valence-electron chi connectivity index (χ2n) is 5.50. The predicted octanol–water partition coefficient (Wildman–Crippen LogP) is 3.91. The number of aromatic carboxylic acids is 1. The number of hydrogen-bond acceptors (Lipinski definition) is 4. The van der Waals surface area contributed by atoms with Crippen molar-refractivity contribution in [2.24, 2.45) is 0 Å². The molecular weight excluding hydrogens is 322 g/mol. The summed E-state index contributed by atoms with van der Waals surface area (Å²) >= 11 is 0. The normalized spacial score (nSPS) is 10.4. The molecule has 25 heavy (non-hydrogen) atoms. The second kappa shape index (κ2) is 6.52. The lowest BCUT2D eigenvalue weighted by Crippen LogP contribution is -2.12. The van der Waals surface area contributed by atoms with Crippen LogP contribution in [0.2, 0.25) is 0 Å². The lowest BCUT2D eigenvalue weighted by molar-refractivity contribution is 0.0693. The third-order valence-corrected chi connectivity index (χ3v) is 3.77. The molecule has 0 atom stereocenters. The fourth-order valence-corrected chi connectivity index (χ4v) is 2.45. The quantitative estimate of drug-likeness (QED) is 0.627. The molecule has 0 bridgehead atoms. The summed E-state index contributed by atoms with van der Waals surface area (Å²) in [7, 11) is 0. The number of benzene rings is 2. The maximum absolute atomic E-state index is 12.5.